The normalized spacial score (nSPS) is 23.9. The molecule has 1 aromatic carbocycles. The maximum Gasteiger partial charge on any atom is 0.268 e. The number of ether oxygens (including phenoxy) is 1. The lowest BCUT2D eigenvalue weighted by atomic mass is 10.1. The summed E-state index contributed by atoms with van der Waals surface area (Å²) in [4.78, 5) is 10.9. The van der Waals surface area contributed by atoms with Crippen molar-refractivity contribution in [3.8, 4) is 0 Å². The molecule has 1 amide bonds. The first-order valence-electron chi connectivity index (χ1n) is 4.63. The summed E-state index contributed by atoms with van der Waals surface area (Å²) in [5.74, 6) is -0.519. The third kappa shape index (κ3) is 1.66. The van der Waals surface area contributed by atoms with E-state index in [1.807, 2.05) is 37.3 Å². The molecular weight excluding hydrogens is 192 g/mol. The molecule has 1 atom stereocenters. The highest BCUT2D eigenvalue weighted by Crippen LogP contribution is 2.28. The van der Waals surface area contributed by atoms with Crippen LogP contribution in [0.5, 0.6) is 0 Å². The van der Waals surface area contributed by atoms with Gasteiger partial charge in [0, 0.05) is 5.56 Å². The highest BCUT2D eigenvalue weighted by molar-refractivity contribution is 5.91. The molecule has 0 bridgehead atoms. The van der Waals surface area contributed by atoms with Crippen LogP contribution in [0.4, 0.5) is 0 Å². The number of hydrogen-bond donors (Lipinski definition) is 2. The van der Waals surface area contributed by atoms with Crippen LogP contribution in [0.3, 0.4) is 0 Å². The largest absolute Gasteiger partial charge is 0.469 e. The molecule has 1 aromatic rings. The van der Waals surface area contributed by atoms with Gasteiger partial charge in [0.25, 0.3) is 5.91 Å². The van der Waals surface area contributed by atoms with Crippen molar-refractivity contribution < 1.29 is 9.53 Å². The number of nitrogens with one attached hydrogen (secondary N) is 1. The van der Waals surface area contributed by atoms with Crippen LogP contribution >= 0.6 is 0 Å². The van der Waals surface area contributed by atoms with Crippen LogP contribution in [0.25, 0.3) is 0 Å². The van der Waals surface area contributed by atoms with Gasteiger partial charge in [-0.3, -0.25) is 4.79 Å². The molecule has 0 aliphatic carbocycles. The lowest BCUT2D eigenvalue weighted by Crippen LogP contribution is -2.38. The number of hydrogen-bond acceptors (Lipinski definition) is 3. The monoisotopic (exact) mass is 204 g/mol. The molecule has 3 N–H and O–H groups in total. The van der Waals surface area contributed by atoms with E-state index in [1.165, 1.54) is 6.26 Å². The molecule has 0 radical (unpaired) electrons. The average Bonchev–Trinajstić information content (AvgIpc) is 2.64. The molecule has 1 unspecified atom stereocenters. The van der Waals surface area contributed by atoms with Gasteiger partial charge in [0.1, 0.15) is 12.0 Å². The van der Waals surface area contributed by atoms with Crippen LogP contribution in [0.1, 0.15) is 12.5 Å². The van der Waals surface area contributed by atoms with Crippen molar-refractivity contribution >= 4 is 5.91 Å². The zero-order valence-electron chi connectivity index (χ0n) is 8.36. The van der Waals surface area contributed by atoms with Crippen molar-refractivity contribution in [3.63, 3.8) is 0 Å². The Hall–Kier alpha value is -1.97. The van der Waals surface area contributed by atoms with Crippen LogP contribution in [0.15, 0.2) is 42.3 Å². The second-order valence-corrected chi connectivity index (χ2v) is 3.54. The number of benzene rings is 1. The molecule has 1 heterocycles. The Morgan fingerprint density at radius 3 is 2.60 bits per heavy atom. The molecule has 0 spiro atoms. The first kappa shape index (κ1) is 9.58. The molecule has 4 nitrogen and oxygen atoms in total. The summed E-state index contributed by atoms with van der Waals surface area (Å²) in [6.45, 7) is 1.84. The van der Waals surface area contributed by atoms with Gasteiger partial charge in [0.05, 0.1) is 0 Å². The summed E-state index contributed by atoms with van der Waals surface area (Å²) in [6.07, 6.45) is 1.36. The fourth-order valence-electron chi connectivity index (χ4n) is 1.51. The molecule has 1 aliphatic heterocycles. The maximum absolute atomic E-state index is 10.9. The van der Waals surface area contributed by atoms with Gasteiger partial charge in [-0.15, -0.1) is 0 Å². The fourth-order valence-corrected chi connectivity index (χ4v) is 1.51. The van der Waals surface area contributed by atoms with Gasteiger partial charge < -0.3 is 15.8 Å². The van der Waals surface area contributed by atoms with Crippen molar-refractivity contribution in [1.82, 2.24) is 5.32 Å². The molecule has 4 heteroatoms. The lowest BCUT2D eigenvalue weighted by Gasteiger charge is -2.25. The third-order valence-corrected chi connectivity index (χ3v) is 2.38. The van der Waals surface area contributed by atoms with Crippen LogP contribution in [-0.2, 0) is 15.3 Å². The van der Waals surface area contributed by atoms with Gasteiger partial charge in [-0.25, -0.2) is 0 Å². The molecule has 0 fully saturated rings. The SMILES string of the molecule is CC1(c2ccccc2)NC(C(N)=O)=CO1. The maximum atomic E-state index is 10.9. The summed E-state index contributed by atoms with van der Waals surface area (Å²) < 4.78 is 5.43. The number of carbonyl (C=O) groups excluding carboxylic acids is 1. The molecule has 15 heavy (non-hydrogen) atoms. The second-order valence-electron chi connectivity index (χ2n) is 3.54. The summed E-state index contributed by atoms with van der Waals surface area (Å²) in [7, 11) is 0. The topological polar surface area (TPSA) is 64.3 Å². The highest BCUT2D eigenvalue weighted by Gasteiger charge is 2.34. The van der Waals surface area contributed by atoms with Crippen LogP contribution in [-0.4, -0.2) is 5.91 Å². The molecule has 0 saturated carbocycles. The van der Waals surface area contributed by atoms with Crippen molar-refractivity contribution in [2.45, 2.75) is 12.6 Å². The van der Waals surface area contributed by atoms with E-state index in [9.17, 15) is 4.79 Å². The fraction of sp³-hybridized carbons (Fsp3) is 0.182. The summed E-state index contributed by atoms with van der Waals surface area (Å²) in [5, 5.41) is 2.95. The molecule has 1 aliphatic rings. The van der Waals surface area contributed by atoms with E-state index in [2.05, 4.69) is 5.32 Å². The van der Waals surface area contributed by atoms with Crippen LogP contribution in [0.2, 0.25) is 0 Å². The van der Waals surface area contributed by atoms with E-state index in [-0.39, 0.29) is 0 Å². The molecular formula is C11H12N2O2. The van der Waals surface area contributed by atoms with E-state index in [4.69, 9.17) is 10.5 Å². The number of amides is 1. The number of carbonyl (C=O) groups is 1. The van der Waals surface area contributed by atoms with E-state index in [0.29, 0.717) is 5.70 Å². The van der Waals surface area contributed by atoms with Crippen molar-refractivity contribution in [1.29, 1.82) is 0 Å². The van der Waals surface area contributed by atoms with Gasteiger partial charge in [0.15, 0.2) is 0 Å². The smallest absolute Gasteiger partial charge is 0.268 e. The molecule has 0 aromatic heterocycles. The average molecular weight is 204 g/mol. The summed E-state index contributed by atoms with van der Waals surface area (Å²) in [5.41, 5.74) is 5.68. The highest BCUT2D eigenvalue weighted by atomic mass is 16.5. The Morgan fingerprint density at radius 1 is 1.40 bits per heavy atom. The number of primary amides is 1. The zero-order chi connectivity index (χ0) is 10.9. The third-order valence-electron chi connectivity index (χ3n) is 2.38. The standard InChI is InChI=1S/C11H12N2O2/c1-11(8-5-3-2-4-6-8)13-9(7-15-11)10(12)14/h2-7,13H,1H3,(H2,12,14). The molecule has 0 saturated heterocycles. The van der Waals surface area contributed by atoms with Crippen molar-refractivity contribution in [3.05, 3.63) is 47.9 Å². The van der Waals surface area contributed by atoms with E-state index in [0.717, 1.165) is 5.56 Å². The van der Waals surface area contributed by atoms with Gasteiger partial charge in [-0.05, 0) is 6.92 Å². The Bertz CT molecular complexity index is 414. The molecule has 2 rings (SSSR count). The summed E-state index contributed by atoms with van der Waals surface area (Å²) >= 11 is 0. The van der Waals surface area contributed by atoms with Gasteiger partial charge >= 0.3 is 0 Å². The minimum atomic E-state index is -0.703. The van der Waals surface area contributed by atoms with E-state index >= 15 is 0 Å². The predicted octanol–water partition coefficient (Wildman–Crippen LogP) is 0.806. The van der Waals surface area contributed by atoms with E-state index < -0.39 is 11.6 Å². The minimum Gasteiger partial charge on any atom is -0.469 e. The van der Waals surface area contributed by atoms with Crippen molar-refractivity contribution in [2.24, 2.45) is 5.73 Å². The first-order valence-corrected chi connectivity index (χ1v) is 4.63. The van der Waals surface area contributed by atoms with Crippen LogP contribution < -0.4 is 11.1 Å². The Labute approximate surface area is 87.7 Å². The Kier molecular flexibility index (Phi) is 2.11. The lowest BCUT2D eigenvalue weighted by molar-refractivity contribution is -0.115. The predicted molar refractivity (Wildman–Crippen MR) is 55.3 cm³/mol. The van der Waals surface area contributed by atoms with Gasteiger partial charge in [-0.2, -0.15) is 0 Å². The number of nitrogens with two attached hydrogens (primary N) is 1. The number of rotatable bonds is 2. The quantitative estimate of drug-likeness (QED) is 0.749. The molecule has 78 valence electrons. The van der Waals surface area contributed by atoms with Crippen molar-refractivity contribution in [2.75, 3.05) is 0 Å². The van der Waals surface area contributed by atoms with Gasteiger partial charge in [-0.1, -0.05) is 30.3 Å². The van der Waals surface area contributed by atoms with E-state index in [1.54, 1.807) is 0 Å². The van der Waals surface area contributed by atoms with Gasteiger partial charge in [0.2, 0.25) is 5.72 Å². The first-order chi connectivity index (χ1) is 7.12. The second kappa shape index (κ2) is 3.31. The Balaban J connectivity index is 2.23. The minimum absolute atomic E-state index is 0.293. The zero-order valence-corrected chi connectivity index (χ0v) is 8.36. The summed E-state index contributed by atoms with van der Waals surface area (Å²) in [6, 6.07) is 9.58. The van der Waals surface area contributed by atoms with Crippen LogP contribution in [0, 0.1) is 0 Å². The Morgan fingerprint density at radius 2 is 2.07 bits per heavy atom.